The van der Waals surface area contributed by atoms with Crippen molar-refractivity contribution in [3.05, 3.63) is 0 Å². The molecule has 0 aromatic carbocycles. The molecule has 0 aromatic rings. The molecule has 0 N–H and O–H groups in total. The van der Waals surface area contributed by atoms with E-state index in [1.54, 1.807) is 0 Å². The lowest BCUT2D eigenvalue weighted by Gasteiger charge is -2.21. The van der Waals surface area contributed by atoms with Crippen molar-refractivity contribution in [2.75, 3.05) is 0 Å². The van der Waals surface area contributed by atoms with Crippen LogP contribution in [0.1, 0.15) is 34.6 Å². The van der Waals surface area contributed by atoms with Gasteiger partial charge in [0, 0.05) is 0 Å². The second-order valence-electron chi connectivity index (χ2n) is 2.67. The number of hydrogen-bond donors (Lipinski definition) is 0. The van der Waals surface area contributed by atoms with Crippen LogP contribution in [0, 0.1) is 0 Å². The van der Waals surface area contributed by atoms with Gasteiger partial charge in [-0.25, -0.2) is 0 Å². The second kappa shape index (κ2) is 3.99. The summed E-state index contributed by atoms with van der Waals surface area (Å²) in [7, 11) is 0.453. The van der Waals surface area contributed by atoms with Gasteiger partial charge in [-0.2, -0.15) is 0 Å². The Bertz CT molecular complexity index is 93.6. The minimum absolute atomic E-state index is 0.0694. The summed E-state index contributed by atoms with van der Waals surface area (Å²) in [5, 5.41) is 0. The first kappa shape index (κ1) is 9.98. The standard InChI is InChI=1S/C5H11BO2.C2H6/c1-4-5(2,3)8-6-7-4;1-2/h4,6H,1-3H3;1-2H3. The molecule has 10 heavy (non-hydrogen) atoms. The molecule has 0 spiro atoms. The molecule has 2 nitrogen and oxygen atoms in total. The van der Waals surface area contributed by atoms with Crippen LogP contribution in [-0.4, -0.2) is 19.4 Å². The maximum absolute atomic E-state index is 5.23. The number of hydrogen-bond acceptors (Lipinski definition) is 2. The molecule has 1 unspecified atom stereocenters. The quantitative estimate of drug-likeness (QED) is 0.479. The van der Waals surface area contributed by atoms with Crippen LogP contribution in [0.2, 0.25) is 0 Å². The van der Waals surface area contributed by atoms with E-state index in [9.17, 15) is 0 Å². The van der Waals surface area contributed by atoms with Gasteiger partial charge >= 0.3 is 7.69 Å². The SMILES string of the molecule is CC.CC1OBOC1(C)C. The minimum atomic E-state index is -0.0694. The highest BCUT2D eigenvalue weighted by atomic mass is 16.6. The molecule has 1 atom stereocenters. The lowest BCUT2D eigenvalue weighted by atomic mass is 10.0. The molecule has 1 fully saturated rings. The molecule has 0 aromatic heterocycles. The van der Waals surface area contributed by atoms with E-state index < -0.39 is 0 Å². The van der Waals surface area contributed by atoms with Crippen molar-refractivity contribution in [1.29, 1.82) is 0 Å². The Morgan fingerprint density at radius 2 is 1.80 bits per heavy atom. The molecule has 60 valence electrons. The third kappa shape index (κ3) is 2.31. The smallest absolute Gasteiger partial charge is 0.409 e. The van der Waals surface area contributed by atoms with Crippen molar-refractivity contribution in [3.63, 3.8) is 0 Å². The van der Waals surface area contributed by atoms with Gasteiger partial charge in [-0.1, -0.05) is 13.8 Å². The van der Waals surface area contributed by atoms with E-state index in [4.69, 9.17) is 9.31 Å². The van der Waals surface area contributed by atoms with E-state index in [0.29, 0.717) is 7.69 Å². The molecule has 0 saturated carbocycles. The molecule has 1 aliphatic heterocycles. The van der Waals surface area contributed by atoms with Gasteiger partial charge in [0.15, 0.2) is 0 Å². The average molecular weight is 144 g/mol. The normalized spacial score (nSPS) is 28.3. The van der Waals surface area contributed by atoms with Crippen molar-refractivity contribution in [2.24, 2.45) is 0 Å². The van der Waals surface area contributed by atoms with Crippen LogP contribution in [0.5, 0.6) is 0 Å². The zero-order chi connectivity index (χ0) is 8.20. The van der Waals surface area contributed by atoms with Crippen LogP contribution in [-0.2, 0) is 9.31 Å². The Morgan fingerprint density at radius 3 is 1.90 bits per heavy atom. The minimum Gasteiger partial charge on any atom is -0.409 e. The summed E-state index contributed by atoms with van der Waals surface area (Å²) in [6.07, 6.45) is 0.238. The second-order valence-corrected chi connectivity index (χ2v) is 2.67. The molecular weight excluding hydrogens is 127 g/mol. The summed E-state index contributed by atoms with van der Waals surface area (Å²) < 4.78 is 10.4. The van der Waals surface area contributed by atoms with Crippen LogP contribution in [0.15, 0.2) is 0 Å². The fraction of sp³-hybridized carbons (Fsp3) is 1.00. The molecule has 1 rings (SSSR count). The molecule has 0 aliphatic carbocycles. The fourth-order valence-electron chi connectivity index (χ4n) is 0.606. The third-order valence-electron chi connectivity index (χ3n) is 1.73. The van der Waals surface area contributed by atoms with Crippen molar-refractivity contribution in [3.8, 4) is 0 Å². The van der Waals surface area contributed by atoms with Crippen molar-refractivity contribution in [2.45, 2.75) is 46.3 Å². The van der Waals surface area contributed by atoms with Gasteiger partial charge in [-0.3, -0.25) is 0 Å². The molecule has 1 saturated heterocycles. The lowest BCUT2D eigenvalue weighted by Crippen LogP contribution is -2.29. The summed E-state index contributed by atoms with van der Waals surface area (Å²) in [6, 6.07) is 0. The monoisotopic (exact) mass is 144 g/mol. The maximum Gasteiger partial charge on any atom is 0.438 e. The van der Waals surface area contributed by atoms with Gasteiger partial charge in [-0.15, -0.1) is 0 Å². The first-order valence-electron chi connectivity index (χ1n) is 3.88. The Balaban J connectivity index is 0.000000371. The molecule has 1 aliphatic rings. The van der Waals surface area contributed by atoms with E-state index in [2.05, 4.69) is 0 Å². The zero-order valence-electron chi connectivity index (χ0n) is 7.60. The largest absolute Gasteiger partial charge is 0.438 e. The highest BCUT2D eigenvalue weighted by Crippen LogP contribution is 2.21. The summed E-state index contributed by atoms with van der Waals surface area (Å²) >= 11 is 0. The Kier molecular flexibility index (Phi) is 3.98. The maximum atomic E-state index is 5.23. The first-order chi connectivity index (χ1) is 4.63. The summed E-state index contributed by atoms with van der Waals surface area (Å²) in [5.41, 5.74) is -0.0694. The highest BCUT2D eigenvalue weighted by molar-refractivity contribution is 6.19. The van der Waals surface area contributed by atoms with Crippen LogP contribution in [0.25, 0.3) is 0 Å². The van der Waals surface area contributed by atoms with Crippen molar-refractivity contribution < 1.29 is 9.31 Å². The Labute approximate surface area is 64.2 Å². The number of rotatable bonds is 0. The first-order valence-corrected chi connectivity index (χ1v) is 3.88. The molecule has 0 radical (unpaired) electrons. The fourth-order valence-corrected chi connectivity index (χ4v) is 0.606. The van der Waals surface area contributed by atoms with E-state index >= 15 is 0 Å². The van der Waals surface area contributed by atoms with Crippen LogP contribution < -0.4 is 0 Å². The Morgan fingerprint density at radius 1 is 1.30 bits per heavy atom. The Hall–Kier alpha value is -0.0151. The van der Waals surface area contributed by atoms with E-state index in [0.717, 1.165) is 0 Å². The zero-order valence-corrected chi connectivity index (χ0v) is 7.60. The summed E-state index contributed by atoms with van der Waals surface area (Å²) in [6.45, 7) is 10.1. The molecule has 0 amide bonds. The highest BCUT2D eigenvalue weighted by Gasteiger charge is 2.33. The van der Waals surface area contributed by atoms with E-state index in [1.807, 2.05) is 34.6 Å². The van der Waals surface area contributed by atoms with Gasteiger partial charge in [0.25, 0.3) is 0 Å². The van der Waals surface area contributed by atoms with E-state index in [-0.39, 0.29) is 11.7 Å². The van der Waals surface area contributed by atoms with Gasteiger partial charge in [0.2, 0.25) is 0 Å². The molecule has 3 heteroatoms. The molecule has 1 heterocycles. The van der Waals surface area contributed by atoms with Crippen LogP contribution >= 0.6 is 0 Å². The van der Waals surface area contributed by atoms with Crippen molar-refractivity contribution in [1.82, 2.24) is 0 Å². The molecule has 0 bridgehead atoms. The van der Waals surface area contributed by atoms with Gasteiger partial charge in [-0.05, 0) is 20.8 Å². The van der Waals surface area contributed by atoms with E-state index in [1.165, 1.54) is 0 Å². The van der Waals surface area contributed by atoms with Gasteiger partial charge in [0.05, 0.1) is 11.7 Å². The average Bonchev–Trinajstić information content (AvgIpc) is 2.17. The molecular formula is C7H17BO2. The van der Waals surface area contributed by atoms with Gasteiger partial charge in [0.1, 0.15) is 0 Å². The topological polar surface area (TPSA) is 18.5 Å². The summed E-state index contributed by atoms with van der Waals surface area (Å²) in [5.74, 6) is 0. The van der Waals surface area contributed by atoms with Crippen molar-refractivity contribution >= 4 is 7.69 Å². The van der Waals surface area contributed by atoms with Crippen LogP contribution in [0.4, 0.5) is 0 Å². The predicted molar refractivity (Wildman–Crippen MR) is 44.2 cm³/mol. The lowest BCUT2D eigenvalue weighted by molar-refractivity contribution is 0.0846. The summed E-state index contributed by atoms with van der Waals surface area (Å²) in [4.78, 5) is 0. The van der Waals surface area contributed by atoms with Crippen LogP contribution in [0.3, 0.4) is 0 Å². The van der Waals surface area contributed by atoms with Gasteiger partial charge < -0.3 is 9.31 Å². The third-order valence-corrected chi connectivity index (χ3v) is 1.73. The predicted octanol–water partition coefficient (Wildman–Crippen LogP) is 1.49.